The molecule has 0 radical (unpaired) electrons. The van der Waals surface area contributed by atoms with Crippen LogP contribution in [0.1, 0.15) is 64.3 Å². The molecule has 2 rings (SSSR count). The van der Waals surface area contributed by atoms with Crippen LogP contribution < -0.4 is 4.74 Å². The first-order valence-corrected chi connectivity index (χ1v) is 7.47. The third kappa shape index (κ3) is 3.59. The van der Waals surface area contributed by atoms with Crippen LogP contribution in [0.3, 0.4) is 0 Å². The second-order valence-electron chi connectivity index (χ2n) is 6.40. The SMILES string of the molecule is Cc1c(Cl)nc(C(C)(C)C)nc1OC1CCCCC1. The van der Waals surface area contributed by atoms with E-state index in [1.165, 1.54) is 19.3 Å². The van der Waals surface area contributed by atoms with E-state index in [1.807, 2.05) is 6.92 Å². The molecule has 0 aromatic carbocycles. The van der Waals surface area contributed by atoms with Crippen LogP contribution in [0.4, 0.5) is 0 Å². The lowest BCUT2D eigenvalue weighted by Gasteiger charge is -2.25. The lowest BCUT2D eigenvalue weighted by molar-refractivity contribution is 0.146. The summed E-state index contributed by atoms with van der Waals surface area (Å²) < 4.78 is 6.07. The fourth-order valence-corrected chi connectivity index (χ4v) is 2.42. The van der Waals surface area contributed by atoms with Gasteiger partial charge in [-0.2, -0.15) is 4.98 Å². The van der Waals surface area contributed by atoms with Crippen molar-refractivity contribution in [3.8, 4) is 5.88 Å². The van der Waals surface area contributed by atoms with Crippen LogP contribution in [0.25, 0.3) is 0 Å². The summed E-state index contributed by atoms with van der Waals surface area (Å²) in [6.07, 6.45) is 6.32. The van der Waals surface area contributed by atoms with Crippen LogP contribution in [-0.2, 0) is 5.41 Å². The molecule has 1 aliphatic rings. The summed E-state index contributed by atoms with van der Waals surface area (Å²) in [6.45, 7) is 8.17. The van der Waals surface area contributed by atoms with Crippen molar-refractivity contribution in [1.82, 2.24) is 9.97 Å². The number of hydrogen-bond donors (Lipinski definition) is 0. The van der Waals surface area contributed by atoms with Gasteiger partial charge < -0.3 is 4.74 Å². The van der Waals surface area contributed by atoms with Crippen molar-refractivity contribution in [3.05, 3.63) is 16.5 Å². The van der Waals surface area contributed by atoms with E-state index in [0.29, 0.717) is 11.0 Å². The summed E-state index contributed by atoms with van der Waals surface area (Å²) in [5, 5.41) is 0.505. The molecule has 0 bridgehead atoms. The normalized spacial score (nSPS) is 17.5. The molecule has 0 N–H and O–H groups in total. The van der Waals surface area contributed by atoms with Crippen molar-refractivity contribution in [1.29, 1.82) is 0 Å². The highest BCUT2D eigenvalue weighted by atomic mass is 35.5. The third-order valence-corrected chi connectivity index (χ3v) is 3.91. The minimum Gasteiger partial charge on any atom is -0.474 e. The lowest BCUT2D eigenvalue weighted by atomic mass is 9.95. The van der Waals surface area contributed by atoms with Gasteiger partial charge in [-0.25, -0.2) is 4.98 Å². The molecular weight excluding hydrogens is 260 g/mol. The Hall–Kier alpha value is -0.830. The largest absolute Gasteiger partial charge is 0.474 e. The summed E-state index contributed by atoms with van der Waals surface area (Å²) in [5.41, 5.74) is 0.724. The van der Waals surface area contributed by atoms with Crippen molar-refractivity contribution < 1.29 is 4.74 Å². The van der Waals surface area contributed by atoms with Gasteiger partial charge >= 0.3 is 0 Å². The van der Waals surface area contributed by atoms with Crippen LogP contribution in [0, 0.1) is 6.92 Å². The summed E-state index contributed by atoms with van der Waals surface area (Å²) in [4.78, 5) is 8.95. The molecule has 0 aliphatic heterocycles. The number of halogens is 1. The van der Waals surface area contributed by atoms with E-state index in [4.69, 9.17) is 16.3 Å². The summed E-state index contributed by atoms with van der Waals surface area (Å²) >= 11 is 6.21. The van der Waals surface area contributed by atoms with E-state index in [2.05, 4.69) is 30.7 Å². The number of aromatic nitrogens is 2. The van der Waals surface area contributed by atoms with E-state index in [-0.39, 0.29) is 11.5 Å². The molecule has 3 nitrogen and oxygen atoms in total. The number of hydrogen-bond acceptors (Lipinski definition) is 3. The van der Waals surface area contributed by atoms with Gasteiger partial charge in [-0.05, 0) is 32.6 Å². The maximum absolute atomic E-state index is 6.21. The monoisotopic (exact) mass is 282 g/mol. The van der Waals surface area contributed by atoms with Crippen LogP contribution >= 0.6 is 11.6 Å². The first-order valence-electron chi connectivity index (χ1n) is 7.09. The molecule has 0 spiro atoms. The molecule has 0 atom stereocenters. The van der Waals surface area contributed by atoms with E-state index in [1.54, 1.807) is 0 Å². The maximum Gasteiger partial charge on any atom is 0.221 e. The van der Waals surface area contributed by atoms with Crippen molar-refractivity contribution in [3.63, 3.8) is 0 Å². The smallest absolute Gasteiger partial charge is 0.221 e. The molecule has 1 heterocycles. The zero-order chi connectivity index (χ0) is 14.0. The average Bonchev–Trinajstić information content (AvgIpc) is 2.34. The van der Waals surface area contributed by atoms with E-state index >= 15 is 0 Å². The Morgan fingerprint density at radius 2 is 1.74 bits per heavy atom. The minimum atomic E-state index is -0.123. The molecular formula is C15H23ClN2O. The highest BCUT2D eigenvalue weighted by Gasteiger charge is 2.23. The van der Waals surface area contributed by atoms with E-state index in [0.717, 1.165) is 24.2 Å². The highest BCUT2D eigenvalue weighted by Crippen LogP contribution is 2.30. The second kappa shape index (κ2) is 5.66. The zero-order valence-electron chi connectivity index (χ0n) is 12.3. The van der Waals surface area contributed by atoms with Crippen molar-refractivity contribution >= 4 is 11.6 Å². The quantitative estimate of drug-likeness (QED) is 0.752. The van der Waals surface area contributed by atoms with E-state index in [9.17, 15) is 0 Å². The molecule has 106 valence electrons. The first-order chi connectivity index (χ1) is 8.88. The minimum absolute atomic E-state index is 0.123. The standard InChI is InChI=1S/C15H23ClN2O/c1-10-12(16)17-14(15(2,3)4)18-13(10)19-11-8-6-5-7-9-11/h11H,5-9H2,1-4H3. The fourth-order valence-electron chi connectivity index (χ4n) is 2.26. The van der Waals surface area contributed by atoms with Gasteiger partial charge in [0.1, 0.15) is 17.1 Å². The molecule has 1 saturated carbocycles. The summed E-state index contributed by atoms with van der Waals surface area (Å²) in [5.74, 6) is 1.41. The van der Waals surface area contributed by atoms with Gasteiger partial charge in [-0.15, -0.1) is 0 Å². The van der Waals surface area contributed by atoms with Crippen LogP contribution in [0.5, 0.6) is 5.88 Å². The first kappa shape index (κ1) is 14.6. The fraction of sp³-hybridized carbons (Fsp3) is 0.733. The molecule has 1 fully saturated rings. The van der Waals surface area contributed by atoms with Crippen molar-refractivity contribution in [2.45, 2.75) is 71.3 Å². The van der Waals surface area contributed by atoms with Gasteiger partial charge in [0.15, 0.2) is 0 Å². The molecule has 1 aromatic heterocycles. The third-order valence-electron chi connectivity index (χ3n) is 3.54. The number of rotatable bonds is 2. The molecule has 19 heavy (non-hydrogen) atoms. The van der Waals surface area contributed by atoms with Crippen LogP contribution in [-0.4, -0.2) is 16.1 Å². The van der Waals surface area contributed by atoms with Crippen molar-refractivity contribution in [2.24, 2.45) is 0 Å². The van der Waals surface area contributed by atoms with Gasteiger partial charge in [0.25, 0.3) is 0 Å². The summed E-state index contributed by atoms with van der Waals surface area (Å²) in [6, 6.07) is 0. The van der Waals surface area contributed by atoms with Gasteiger partial charge in [0.2, 0.25) is 5.88 Å². The van der Waals surface area contributed by atoms with Gasteiger partial charge in [0.05, 0.1) is 0 Å². The molecule has 1 aromatic rings. The lowest BCUT2D eigenvalue weighted by Crippen LogP contribution is -2.23. The average molecular weight is 283 g/mol. The Morgan fingerprint density at radius 1 is 1.11 bits per heavy atom. The van der Waals surface area contributed by atoms with Gasteiger partial charge in [-0.1, -0.05) is 38.8 Å². The Balaban J connectivity index is 2.25. The van der Waals surface area contributed by atoms with Crippen molar-refractivity contribution in [2.75, 3.05) is 0 Å². The molecule has 0 amide bonds. The Labute approximate surface area is 120 Å². The molecule has 0 saturated heterocycles. The van der Waals surface area contributed by atoms with Crippen LogP contribution in [0.2, 0.25) is 5.15 Å². The second-order valence-corrected chi connectivity index (χ2v) is 6.75. The number of ether oxygens (including phenoxy) is 1. The van der Waals surface area contributed by atoms with Gasteiger partial charge in [-0.3, -0.25) is 0 Å². The predicted octanol–water partition coefficient (Wildman–Crippen LogP) is 4.45. The zero-order valence-corrected chi connectivity index (χ0v) is 13.0. The topological polar surface area (TPSA) is 35.0 Å². The maximum atomic E-state index is 6.21. The van der Waals surface area contributed by atoms with Crippen LogP contribution in [0.15, 0.2) is 0 Å². The Morgan fingerprint density at radius 3 is 2.32 bits per heavy atom. The Bertz CT molecular complexity index is 448. The molecule has 1 aliphatic carbocycles. The predicted molar refractivity (Wildman–Crippen MR) is 78.0 cm³/mol. The Kier molecular flexibility index (Phi) is 4.34. The summed E-state index contributed by atoms with van der Waals surface area (Å²) in [7, 11) is 0. The van der Waals surface area contributed by atoms with E-state index < -0.39 is 0 Å². The highest BCUT2D eigenvalue weighted by molar-refractivity contribution is 6.30. The number of nitrogens with zero attached hydrogens (tertiary/aromatic N) is 2. The molecule has 4 heteroatoms. The van der Waals surface area contributed by atoms with Gasteiger partial charge in [0, 0.05) is 11.0 Å². The molecule has 0 unspecified atom stereocenters.